The van der Waals surface area contributed by atoms with Crippen molar-refractivity contribution >= 4 is 23.3 Å². The zero-order valence-electron chi connectivity index (χ0n) is 15.8. The van der Waals surface area contributed by atoms with Gasteiger partial charge in [0.2, 0.25) is 5.91 Å². The molecule has 2 aromatic rings. The number of anilines is 2. The summed E-state index contributed by atoms with van der Waals surface area (Å²) >= 11 is 0. The number of carbonyl (C=O) groups is 2. The van der Waals surface area contributed by atoms with E-state index in [0.717, 1.165) is 37.1 Å². The van der Waals surface area contributed by atoms with E-state index in [1.165, 1.54) is 5.56 Å². The highest BCUT2D eigenvalue weighted by Crippen LogP contribution is 2.20. The first-order valence-corrected chi connectivity index (χ1v) is 9.66. The molecule has 2 aromatic carbocycles. The lowest BCUT2D eigenvalue weighted by atomic mass is 9.97. The number of amides is 3. The second-order valence-electron chi connectivity index (χ2n) is 7.02. The monoisotopic (exact) mass is 365 g/mol. The average Bonchev–Trinajstić information content (AvgIpc) is 2.70. The van der Waals surface area contributed by atoms with Crippen molar-refractivity contribution in [2.75, 3.05) is 23.7 Å². The van der Waals surface area contributed by atoms with E-state index in [-0.39, 0.29) is 17.9 Å². The Labute approximate surface area is 160 Å². The number of rotatable bonds is 5. The Morgan fingerprint density at radius 3 is 2.41 bits per heavy atom. The summed E-state index contributed by atoms with van der Waals surface area (Å²) in [6.07, 6.45) is 3.78. The highest BCUT2D eigenvalue weighted by atomic mass is 16.2. The van der Waals surface area contributed by atoms with Crippen molar-refractivity contribution in [3.8, 4) is 0 Å². The first-order valence-electron chi connectivity index (χ1n) is 9.66. The summed E-state index contributed by atoms with van der Waals surface area (Å²) in [5.74, 6) is -0.203. The van der Waals surface area contributed by atoms with Gasteiger partial charge in [0.25, 0.3) is 0 Å². The van der Waals surface area contributed by atoms with Crippen LogP contribution in [0.3, 0.4) is 0 Å². The van der Waals surface area contributed by atoms with Crippen LogP contribution in [0.25, 0.3) is 0 Å². The fourth-order valence-corrected chi connectivity index (χ4v) is 3.39. The van der Waals surface area contributed by atoms with Crippen molar-refractivity contribution in [1.82, 2.24) is 4.90 Å². The summed E-state index contributed by atoms with van der Waals surface area (Å²) in [5.41, 5.74) is 2.85. The Bertz CT molecular complexity index is 759. The molecule has 1 atom stereocenters. The van der Waals surface area contributed by atoms with Gasteiger partial charge in [-0.1, -0.05) is 43.7 Å². The van der Waals surface area contributed by atoms with E-state index in [9.17, 15) is 9.59 Å². The van der Waals surface area contributed by atoms with Crippen LogP contribution in [0.5, 0.6) is 0 Å². The molecule has 0 saturated carbocycles. The number of aryl methyl sites for hydroxylation is 1. The molecule has 1 aliphatic rings. The molecule has 5 nitrogen and oxygen atoms in total. The first kappa shape index (κ1) is 19.0. The van der Waals surface area contributed by atoms with Gasteiger partial charge in [0, 0.05) is 24.5 Å². The molecule has 1 fully saturated rings. The number of nitrogens with one attached hydrogen (secondary N) is 2. The third-order valence-corrected chi connectivity index (χ3v) is 4.86. The molecular formula is C22H27N3O2. The number of urea groups is 1. The van der Waals surface area contributed by atoms with E-state index in [1.54, 1.807) is 4.90 Å². The van der Waals surface area contributed by atoms with Crippen molar-refractivity contribution in [2.45, 2.75) is 32.6 Å². The number of para-hydroxylation sites is 1. The minimum absolute atomic E-state index is 0.0181. The standard InChI is InChI=1S/C22H27N3O2/c1-2-7-17-11-13-20(14-12-17)23-21(26)18-8-6-15-25(16-18)22(27)24-19-9-4-3-5-10-19/h3-5,9-14,18H,2,6-8,15-16H2,1H3,(H,23,26)(H,24,27)/t18-/m1/s1. The maximum absolute atomic E-state index is 12.6. The SMILES string of the molecule is CCCc1ccc(NC(=O)[C@@H]2CCCN(C(=O)Nc3ccccc3)C2)cc1. The van der Waals surface area contributed by atoms with E-state index in [1.807, 2.05) is 42.5 Å². The number of likely N-dealkylation sites (tertiary alicyclic amines) is 1. The molecule has 0 radical (unpaired) electrons. The normalized spacial score (nSPS) is 16.6. The van der Waals surface area contributed by atoms with Crippen LogP contribution in [0.4, 0.5) is 16.2 Å². The summed E-state index contributed by atoms with van der Waals surface area (Å²) < 4.78 is 0. The van der Waals surface area contributed by atoms with Crippen LogP contribution >= 0.6 is 0 Å². The van der Waals surface area contributed by atoms with Gasteiger partial charge in [0.05, 0.1) is 5.92 Å². The lowest BCUT2D eigenvalue weighted by molar-refractivity contribution is -0.121. The van der Waals surface area contributed by atoms with Crippen molar-refractivity contribution in [1.29, 1.82) is 0 Å². The van der Waals surface area contributed by atoms with Gasteiger partial charge in [-0.15, -0.1) is 0 Å². The van der Waals surface area contributed by atoms with Crippen molar-refractivity contribution in [3.63, 3.8) is 0 Å². The fraction of sp³-hybridized carbons (Fsp3) is 0.364. The van der Waals surface area contributed by atoms with Crippen molar-refractivity contribution in [2.24, 2.45) is 5.92 Å². The van der Waals surface area contributed by atoms with Crippen LogP contribution in [0.1, 0.15) is 31.7 Å². The lowest BCUT2D eigenvalue weighted by Crippen LogP contribution is -2.45. The van der Waals surface area contributed by atoms with E-state index < -0.39 is 0 Å². The predicted molar refractivity (Wildman–Crippen MR) is 109 cm³/mol. The highest BCUT2D eigenvalue weighted by Gasteiger charge is 2.28. The van der Waals surface area contributed by atoms with Gasteiger partial charge < -0.3 is 15.5 Å². The van der Waals surface area contributed by atoms with E-state index in [4.69, 9.17) is 0 Å². The fourth-order valence-electron chi connectivity index (χ4n) is 3.39. The van der Waals surface area contributed by atoms with Gasteiger partial charge in [0.1, 0.15) is 0 Å². The maximum Gasteiger partial charge on any atom is 0.321 e. The molecule has 1 heterocycles. The number of benzene rings is 2. The Hall–Kier alpha value is -2.82. The number of piperidine rings is 1. The number of hydrogen-bond donors (Lipinski definition) is 2. The highest BCUT2D eigenvalue weighted by molar-refractivity contribution is 5.94. The molecule has 3 rings (SSSR count). The largest absolute Gasteiger partial charge is 0.326 e. The van der Waals surface area contributed by atoms with Gasteiger partial charge in [-0.2, -0.15) is 0 Å². The van der Waals surface area contributed by atoms with Crippen LogP contribution in [0.15, 0.2) is 54.6 Å². The molecule has 3 amide bonds. The first-order chi connectivity index (χ1) is 13.2. The smallest absolute Gasteiger partial charge is 0.321 e. The van der Waals surface area contributed by atoms with Crippen molar-refractivity contribution in [3.05, 3.63) is 60.2 Å². The van der Waals surface area contributed by atoms with E-state index >= 15 is 0 Å². The maximum atomic E-state index is 12.6. The van der Waals surface area contributed by atoms with E-state index in [2.05, 4.69) is 29.7 Å². The second-order valence-corrected chi connectivity index (χ2v) is 7.02. The Morgan fingerprint density at radius 1 is 1.00 bits per heavy atom. The second kappa shape index (κ2) is 9.21. The van der Waals surface area contributed by atoms with Gasteiger partial charge in [-0.05, 0) is 49.1 Å². The molecule has 0 unspecified atom stereocenters. The van der Waals surface area contributed by atoms with E-state index in [0.29, 0.717) is 13.1 Å². The van der Waals surface area contributed by atoms with Crippen LogP contribution in [-0.2, 0) is 11.2 Å². The zero-order valence-corrected chi connectivity index (χ0v) is 15.8. The van der Waals surface area contributed by atoms with Gasteiger partial charge >= 0.3 is 6.03 Å². The number of nitrogens with zero attached hydrogens (tertiary/aromatic N) is 1. The van der Waals surface area contributed by atoms with Crippen LogP contribution in [0, 0.1) is 5.92 Å². The third-order valence-electron chi connectivity index (χ3n) is 4.86. The van der Waals surface area contributed by atoms with Gasteiger partial charge in [0.15, 0.2) is 0 Å². The van der Waals surface area contributed by atoms with Crippen LogP contribution < -0.4 is 10.6 Å². The Kier molecular flexibility index (Phi) is 6.47. The van der Waals surface area contributed by atoms with Crippen LogP contribution in [-0.4, -0.2) is 29.9 Å². The zero-order chi connectivity index (χ0) is 19.1. The van der Waals surface area contributed by atoms with Crippen molar-refractivity contribution < 1.29 is 9.59 Å². The molecule has 2 N–H and O–H groups in total. The molecule has 0 spiro atoms. The predicted octanol–water partition coefficient (Wildman–Crippen LogP) is 4.52. The number of carbonyl (C=O) groups excluding carboxylic acids is 2. The minimum atomic E-state index is -0.185. The molecule has 5 heteroatoms. The molecule has 142 valence electrons. The molecule has 27 heavy (non-hydrogen) atoms. The molecule has 0 aromatic heterocycles. The van der Waals surface area contributed by atoms with Gasteiger partial charge in [-0.3, -0.25) is 4.79 Å². The Balaban J connectivity index is 1.55. The summed E-state index contributed by atoms with van der Waals surface area (Å²) in [4.78, 5) is 26.8. The molecule has 0 aliphatic carbocycles. The Morgan fingerprint density at radius 2 is 1.70 bits per heavy atom. The quantitative estimate of drug-likeness (QED) is 0.818. The van der Waals surface area contributed by atoms with Crippen LogP contribution in [0.2, 0.25) is 0 Å². The summed E-state index contributed by atoms with van der Waals surface area (Å²) in [6, 6.07) is 17.2. The average molecular weight is 365 g/mol. The third kappa shape index (κ3) is 5.33. The lowest BCUT2D eigenvalue weighted by Gasteiger charge is -2.32. The molecule has 0 bridgehead atoms. The number of hydrogen-bond acceptors (Lipinski definition) is 2. The molecule has 1 aliphatic heterocycles. The summed E-state index contributed by atoms with van der Waals surface area (Å²) in [5, 5.41) is 5.89. The minimum Gasteiger partial charge on any atom is -0.326 e. The topological polar surface area (TPSA) is 61.4 Å². The van der Waals surface area contributed by atoms with Gasteiger partial charge in [-0.25, -0.2) is 4.79 Å². The molecular weight excluding hydrogens is 338 g/mol. The summed E-state index contributed by atoms with van der Waals surface area (Å²) in [6.45, 7) is 3.27. The summed E-state index contributed by atoms with van der Waals surface area (Å²) in [7, 11) is 0. The molecule has 1 saturated heterocycles.